The standard InChI is InChI=1S/C19H27NO5/c1-17(21)19-6-2-4-18(16-19)5-3-8-22-10-12-24-14-15-25-13-11-23-9-7-20/h2,4,6,16H,7-15,20H2,1H3. The Bertz CT molecular complexity index is 550. The number of carbonyl (C=O) groups excluding carboxylic acids is 1. The van der Waals surface area contributed by atoms with Gasteiger partial charge in [0.1, 0.15) is 6.61 Å². The summed E-state index contributed by atoms with van der Waals surface area (Å²) in [6.45, 7) is 6.05. The van der Waals surface area contributed by atoms with E-state index in [4.69, 9.17) is 24.7 Å². The Hall–Kier alpha value is -1.75. The van der Waals surface area contributed by atoms with Crippen LogP contribution in [0.5, 0.6) is 0 Å². The molecule has 0 aliphatic carbocycles. The molecule has 0 heterocycles. The van der Waals surface area contributed by atoms with Gasteiger partial charge in [0.25, 0.3) is 0 Å². The molecule has 6 nitrogen and oxygen atoms in total. The van der Waals surface area contributed by atoms with Crippen LogP contribution < -0.4 is 5.73 Å². The number of ether oxygens (including phenoxy) is 4. The molecule has 1 aromatic rings. The molecule has 0 atom stereocenters. The maximum absolute atomic E-state index is 11.3. The third-order valence-corrected chi connectivity index (χ3v) is 3.05. The van der Waals surface area contributed by atoms with Gasteiger partial charge in [0.15, 0.2) is 5.78 Å². The summed E-state index contributed by atoms with van der Waals surface area (Å²) < 4.78 is 21.2. The van der Waals surface area contributed by atoms with Crippen LogP contribution in [0.1, 0.15) is 22.8 Å². The molecule has 138 valence electrons. The second-order valence-corrected chi connectivity index (χ2v) is 5.12. The quantitative estimate of drug-likeness (QED) is 0.328. The largest absolute Gasteiger partial charge is 0.378 e. The molecule has 0 bridgehead atoms. The SMILES string of the molecule is CC(=O)c1cccc(C#CCOCCOCCOCCOCCN)c1. The zero-order chi connectivity index (χ0) is 18.2. The molecular formula is C19H27NO5. The van der Waals surface area contributed by atoms with E-state index >= 15 is 0 Å². The highest BCUT2D eigenvalue weighted by Crippen LogP contribution is 2.04. The van der Waals surface area contributed by atoms with Crippen molar-refractivity contribution < 1.29 is 23.7 Å². The van der Waals surface area contributed by atoms with Crippen molar-refractivity contribution in [3.63, 3.8) is 0 Å². The normalized spacial score (nSPS) is 10.3. The monoisotopic (exact) mass is 349 g/mol. The highest BCUT2D eigenvalue weighted by Gasteiger charge is 1.98. The Balaban J connectivity index is 1.97. The summed E-state index contributed by atoms with van der Waals surface area (Å²) in [7, 11) is 0. The molecular weight excluding hydrogens is 322 g/mol. The van der Waals surface area contributed by atoms with Gasteiger partial charge in [-0.15, -0.1) is 0 Å². The van der Waals surface area contributed by atoms with Crippen LogP contribution >= 0.6 is 0 Å². The second-order valence-electron chi connectivity index (χ2n) is 5.12. The van der Waals surface area contributed by atoms with Crippen molar-refractivity contribution in [3.05, 3.63) is 35.4 Å². The van der Waals surface area contributed by atoms with E-state index in [1.807, 2.05) is 12.1 Å². The van der Waals surface area contributed by atoms with E-state index in [1.54, 1.807) is 12.1 Å². The molecule has 0 saturated heterocycles. The average molecular weight is 349 g/mol. The molecule has 25 heavy (non-hydrogen) atoms. The van der Waals surface area contributed by atoms with Crippen molar-refractivity contribution in [1.29, 1.82) is 0 Å². The van der Waals surface area contributed by atoms with Crippen LogP contribution in [0.15, 0.2) is 24.3 Å². The molecule has 0 saturated carbocycles. The molecule has 0 unspecified atom stereocenters. The summed E-state index contributed by atoms with van der Waals surface area (Å²) in [5, 5.41) is 0. The average Bonchev–Trinajstić information content (AvgIpc) is 2.62. The van der Waals surface area contributed by atoms with Gasteiger partial charge in [0, 0.05) is 17.7 Å². The van der Waals surface area contributed by atoms with E-state index in [9.17, 15) is 4.79 Å². The third-order valence-electron chi connectivity index (χ3n) is 3.05. The Labute approximate surface area is 149 Å². The van der Waals surface area contributed by atoms with Crippen molar-refractivity contribution in [3.8, 4) is 11.8 Å². The van der Waals surface area contributed by atoms with Crippen LogP contribution in [0.25, 0.3) is 0 Å². The van der Waals surface area contributed by atoms with Crippen LogP contribution in [0.4, 0.5) is 0 Å². The minimum Gasteiger partial charge on any atom is -0.378 e. The summed E-state index contributed by atoms with van der Waals surface area (Å²) in [4.78, 5) is 11.3. The maximum atomic E-state index is 11.3. The highest BCUT2D eigenvalue weighted by molar-refractivity contribution is 5.94. The first-order chi connectivity index (χ1) is 12.2. The topological polar surface area (TPSA) is 80.0 Å². The Morgan fingerprint density at radius 3 is 2.16 bits per heavy atom. The number of rotatable bonds is 13. The van der Waals surface area contributed by atoms with Crippen molar-refractivity contribution in [2.75, 3.05) is 59.4 Å². The minimum absolute atomic E-state index is 0.0316. The Kier molecular flexibility index (Phi) is 12.4. The van der Waals surface area contributed by atoms with Gasteiger partial charge in [-0.2, -0.15) is 0 Å². The van der Waals surface area contributed by atoms with Gasteiger partial charge < -0.3 is 24.7 Å². The molecule has 0 aliphatic rings. The predicted molar refractivity (Wildman–Crippen MR) is 95.7 cm³/mol. The molecule has 1 aromatic carbocycles. The fourth-order valence-corrected chi connectivity index (χ4v) is 1.82. The molecule has 0 radical (unpaired) electrons. The number of nitrogens with two attached hydrogens (primary N) is 1. The molecule has 1 rings (SSSR count). The summed E-state index contributed by atoms with van der Waals surface area (Å²) in [5.41, 5.74) is 6.76. The molecule has 6 heteroatoms. The number of hydrogen-bond acceptors (Lipinski definition) is 6. The van der Waals surface area contributed by atoms with Crippen LogP contribution in [0, 0.1) is 11.8 Å². The molecule has 0 amide bonds. The summed E-state index contributed by atoms with van der Waals surface area (Å²) in [5.74, 6) is 5.92. The van der Waals surface area contributed by atoms with E-state index < -0.39 is 0 Å². The van der Waals surface area contributed by atoms with Crippen LogP contribution in [-0.2, 0) is 18.9 Å². The number of hydrogen-bond donors (Lipinski definition) is 1. The van der Waals surface area contributed by atoms with Crippen LogP contribution in [0.2, 0.25) is 0 Å². The Morgan fingerprint density at radius 2 is 1.56 bits per heavy atom. The van der Waals surface area contributed by atoms with Crippen molar-refractivity contribution in [1.82, 2.24) is 0 Å². The number of Topliss-reactive ketones (excluding diaryl/α,β-unsaturated/α-hetero) is 1. The van der Waals surface area contributed by atoms with Crippen LogP contribution in [0.3, 0.4) is 0 Å². The zero-order valence-corrected chi connectivity index (χ0v) is 14.8. The smallest absolute Gasteiger partial charge is 0.159 e. The third kappa shape index (κ3) is 11.4. The predicted octanol–water partition coefficient (Wildman–Crippen LogP) is 1.27. The molecule has 0 fully saturated rings. The molecule has 2 N–H and O–H groups in total. The highest BCUT2D eigenvalue weighted by atomic mass is 16.6. The molecule has 0 aromatic heterocycles. The maximum Gasteiger partial charge on any atom is 0.159 e. The van der Waals surface area contributed by atoms with Crippen molar-refractivity contribution in [2.45, 2.75) is 6.92 Å². The first-order valence-corrected chi connectivity index (χ1v) is 8.35. The van der Waals surface area contributed by atoms with Gasteiger partial charge in [-0.1, -0.05) is 24.0 Å². The first kappa shape index (κ1) is 21.3. The number of benzene rings is 1. The Morgan fingerprint density at radius 1 is 0.960 bits per heavy atom. The lowest BCUT2D eigenvalue weighted by atomic mass is 10.1. The second kappa shape index (κ2) is 14.6. The van der Waals surface area contributed by atoms with Gasteiger partial charge in [-0.05, 0) is 19.1 Å². The minimum atomic E-state index is 0.0316. The molecule has 0 spiro atoms. The van der Waals surface area contributed by atoms with Gasteiger partial charge in [-0.3, -0.25) is 4.79 Å². The van der Waals surface area contributed by atoms with E-state index in [2.05, 4.69) is 11.8 Å². The van der Waals surface area contributed by atoms with E-state index in [1.165, 1.54) is 6.92 Å². The number of ketones is 1. The lowest BCUT2D eigenvalue weighted by Gasteiger charge is -2.06. The van der Waals surface area contributed by atoms with E-state index in [0.29, 0.717) is 65.0 Å². The van der Waals surface area contributed by atoms with Gasteiger partial charge in [0.05, 0.1) is 46.2 Å². The van der Waals surface area contributed by atoms with Gasteiger partial charge in [-0.25, -0.2) is 0 Å². The van der Waals surface area contributed by atoms with Crippen molar-refractivity contribution in [2.24, 2.45) is 5.73 Å². The van der Waals surface area contributed by atoms with Crippen molar-refractivity contribution >= 4 is 5.78 Å². The summed E-state index contributed by atoms with van der Waals surface area (Å²) >= 11 is 0. The molecule has 0 aliphatic heterocycles. The van der Waals surface area contributed by atoms with Gasteiger partial charge in [0.2, 0.25) is 0 Å². The first-order valence-electron chi connectivity index (χ1n) is 8.35. The summed E-state index contributed by atoms with van der Waals surface area (Å²) in [6.07, 6.45) is 0. The van der Waals surface area contributed by atoms with Crippen LogP contribution in [-0.4, -0.2) is 65.2 Å². The fraction of sp³-hybridized carbons (Fsp3) is 0.526. The van der Waals surface area contributed by atoms with E-state index in [-0.39, 0.29) is 5.78 Å². The number of carbonyl (C=O) groups is 1. The lowest BCUT2D eigenvalue weighted by molar-refractivity contribution is 0.00223. The zero-order valence-electron chi connectivity index (χ0n) is 14.8. The summed E-state index contributed by atoms with van der Waals surface area (Å²) in [6, 6.07) is 7.24. The van der Waals surface area contributed by atoms with Gasteiger partial charge >= 0.3 is 0 Å². The fourth-order valence-electron chi connectivity index (χ4n) is 1.82. The van der Waals surface area contributed by atoms with E-state index in [0.717, 1.165) is 5.56 Å². The lowest BCUT2D eigenvalue weighted by Crippen LogP contribution is -2.14.